The number of carbonyl (C=O) groups is 3. The quantitative estimate of drug-likeness (QED) is 0.521. The maximum Gasteiger partial charge on any atom is 0.410 e. The van der Waals surface area contributed by atoms with Crippen molar-refractivity contribution in [2.75, 3.05) is 11.4 Å². The predicted molar refractivity (Wildman–Crippen MR) is 126 cm³/mol. The van der Waals surface area contributed by atoms with Gasteiger partial charge in [-0.2, -0.15) is 5.26 Å². The van der Waals surface area contributed by atoms with E-state index >= 15 is 0 Å². The molecule has 2 bridgehead atoms. The van der Waals surface area contributed by atoms with E-state index in [1.165, 1.54) is 4.90 Å². The summed E-state index contributed by atoms with van der Waals surface area (Å²) < 4.78 is 5.49. The lowest BCUT2D eigenvalue weighted by Crippen LogP contribution is -2.54. The van der Waals surface area contributed by atoms with E-state index in [1.807, 2.05) is 6.07 Å². The summed E-state index contributed by atoms with van der Waals surface area (Å²) in [6.45, 7) is 0.315. The van der Waals surface area contributed by atoms with E-state index in [0.717, 1.165) is 4.90 Å². The molecule has 0 N–H and O–H groups in total. The molecule has 10 heteroatoms. The molecule has 4 amide bonds. The predicted octanol–water partition coefficient (Wildman–Crippen LogP) is 3.69. The Morgan fingerprint density at radius 2 is 2.00 bits per heavy atom. The van der Waals surface area contributed by atoms with Gasteiger partial charge in [0.1, 0.15) is 18.7 Å². The van der Waals surface area contributed by atoms with Crippen molar-refractivity contribution in [3.05, 3.63) is 70.9 Å². The van der Waals surface area contributed by atoms with E-state index in [2.05, 4.69) is 11.1 Å². The number of ether oxygens (including phenoxy) is 1. The van der Waals surface area contributed by atoms with Crippen LogP contribution in [0.5, 0.6) is 0 Å². The zero-order valence-corrected chi connectivity index (χ0v) is 19.1. The fourth-order valence-electron chi connectivity index (χ4n) is 5.37. The number of piperazine rings is 1. The standard InChI is InChI=1S/C25H18ClN5O4/c26-18-6-2-1-4-15(18)13-35-25(34)29-12-16-10-20(29)22-23(32)31(24(33)30(16)22)19-8-7-14(11-27)21-17(19)5-3-9-28-21/h1-9,16,20,22H,10,12-13H2/t16?,20?,22-/m0/s1. The lowest BCUT2D eigenvalue weighted by atomic mass is 10.1. The number of fused-ring (bicyclic) bond motifs is 6. The first kappa shape index (κ1) is 21.4. The van der Waals surface area contributed by atoms with Crippen LogP contribution < -0.4 is 4.90 Å². The van der Waals surface area contributed by atoms with Crippen molar-refractivity contribution in [2.45, 2.75) is 31.2 Å². The van der Waals surface area contributed by atoms with E-state index in [4.69, 9.17) is 16.3 Å². The van der Waals surface area contributed by atoms with Crippen LogP contribution in [0.1, 0.15) is 17.5 Å². The highest BCUT2D eigenvalue weighted by atomic mass is 35.5. The van der Waals surface area contributed by atoms with Gasteiger partial charge in [0.2, 0.25) is 0 Å². The molecule has 3 aliphatic rings. The minimum absolute atomic E-state index is 0.0179. The number of pyridine rings is 1. The molecule has 174 valence electrons. The molecule has 0 saturated carbocycles. The number of urea groups is 1. The average molecular weight is 488 g/mol. The van der Waals surface area contributed by atoms with Gasteiger partial charge in [0.15, 0.2) is 0 Å². The van der Waals surface area contributed by atoms with Crippen molar-refractivity contribution in [1.82, 2.24) is 14.8 Å². The zero-order valence-electron chi connectivity index (χ0n) is 18.3. The molecule has 2 unspecified atom stereocenters. The third-order valence-corrected chi connectivity index (χ3v) is 7.28. The maximum atomic E-state index is 13.6. The number of hydrogen-bond donors (Lipinski definition) is 0. The molecule has 1 aromatic heterocycles. The highest BCUT2D eigenvalue weighted by molar-refractivity contribution is 6.31. The fourth-order valence-corrected chi connectivity index (χ4v) is 5.56. The molecule has 3 aliphatic heterocycles. The Balaban J connectivity index is 1.27. The number of benzene rings is 2. The molecular formula is C25H18ClN5O4. The van der Waals surface area contributed by atoms with Gasteiger partial charge in [-0.1, -0.05) is 29.8 Å². The number of aromatic nitrogens is 1. The topological polar surface area (TPSA) is 107 Å². The second-order valence-corrected chi connectivity index (χ2v) is 9.11. The van der Waals surface area contributed by atoms with Crippen LogP contribution in [-0.2, 0) is 16.1 Å². The summed E-state index contributed by atoms with van der Waals surface area (Å²) in [5.74, 6) is -0.402. The monoisotopic (exact) mass is 487 g/mol. The lowest BCUT2D eigenvalue weighted by molar-refractivity contribution is -0.121. The second kappa shape index (κ2) is 7.96. The van der Waals surface area contributed by atoms with Crippen LogP contribution in [0.4, 0.5) is 15.3 Å². The first-order valence-electron chi connectivity index (χ1n) is 11.1. The van der Waals surface area contributed by atoms with E-state index in [-0.39, 0.29) is 12.6 Å². The lowest BCUT2D eigenvalue weighted by Gasteiger charge is -2.34. The number of nitrogens with zero attached hydrogens (tertiary/aromatic N) is 5. The van der Waals surface area contributed by atoms with Gasteiger partial charge in [0.25, 0.3) is 5.91 Å². The summed E-state index contributed by atoms with van der Waals surface area (Å²) in [5.41, 5.74) is 1.85. The van der Waals surface area contributed by atoms with Gasteiger partial charge in [-0.15, -0.1) is 0 Å². The highest BCUT2D eigenvalue weighted by Gasteiger charge is 2.63. The summed E-state index contributed by atoms with van der Waals surface area (Å²) in [6.07, 6.45) is 1.54. The molecule has 0 radical (unpaired) electrons. The smallest absolute Gasteiger partial charge is 0.410 e. The molecule has 3 aromatic rings. The van der Waals surface area contributed by atoms with E-state index in [9.17, 15) is 19.6 Å². The van der Waals surface area contributed by atoms with Crippen LogP contribution in [-0.4, -0.2) is 57.5 Å². The molecule has 3 fully saturated rings. The first-order valence-corrected chi connectivity index (χ1v) is 11.5. The Kier molecular flexibility index (Phi) is 4.86. The number of nitriles is 1. The molecule has 0 spiro atoms. The average Bonchev–Trinajstić information content (AvgIpc) is 3.54. The number of anilines is 1. The highest BCUT2D eigenvalue weighted by Crippen LogP contribution is 2.43. The van der Waals surface area contributed by atoms with Crippen molar-refractivity contribution in [1.29, 1.82) is 5.26 Å². The molecule has 35 heavy (non-hydrogen) atoms. The van der Waals surface area contributed by atoms with Gasteiger partial charge in [0.05, 0.1) is 28.9 Å². The van der Waals surface area contributed by atoms with Crippen LogP contribution in [0, 0.1) is 11.3 Å². The SMILES string of the molecule is N#Cc1ccc(N2C(=O)[C@@H]3C4CC(CN4C(=O)OCc4ccccc4Cl)N3C2=O)c2cccnc12. The maximum absolute atomic E-state index is 13.6. The molecular weight excluding hydrogens is 470 g/mol. The normalized spacial score (nSPS) is 22.6. The molecule has 3 atom stereocenters. The van der Waals surface area contributed by atoms with Crippen LogP contribution in [0.25, 0.3) is 10.9 Å². The Hall–Kier alpha value is -4.16. The molecule has 0 aliphatic carbocycles. The first-order chi connectivity index (χ1) is 17.0. The number of hydrogen-bond acceptors (Lipinski definition) is 6. The Labute approximate surface area is 205 Å². The molecule has 6 rings (SSSR count). The van der Waals surface area contributed by atoms with Crippen molar-refractivity contribution < 1.29 is 19.1 Å². The summed E-state index contributed by atoms with van der Waals surface area (Å²) in [5, 5.41) is 10.5. The number of imide groups is 1. The zero-order chi connectivity index (χ0) is 24.3. The van der Waals surface area contributed by atoms with Gasteiger partial charge in [0, 0.05) is 28.7 Å². The van der Waals surface area contributed by atoms with E-state index in [1.54, 1.807) is 53.6 Å². The molecule has 2 aromatic carbocycles. The minimum Gasteiger partial charge on any atom is -0.444 e. The van der Waals surface area contributed by atoms with Crippen molar-refractivity contribution in [3.8, 4) is 6.07 Å². The van der Waals surface area contributed by atoms with Gasteiger partial charge in [-0.25, -0.2) is 14.5 Å². The van der Waals surface area contributed by atoms with Crippen LogP contribution in [0.2, 0.25) is 5.02 Å². The van der Waals surface area contributed by atoms with E-state index < -0.39 is 30.1 Å². The van der Waals surface area contributed by atoms with Crippen LogP contribution in [0.15, 0.2) is 54.7 Å². The number of likely N-dealkylation sites (tertiary alicyclic amines) is 1. The Morgan fingerprint density at radius 1 is 1.17 bits per heavy atom. The van der Waals surface area contributed by atoms with Gasteiger partial charge >= 0.3 is 12.1 Å². The fraction of sp³-hybridized carbons (Fsp3) is 0.240. The summed E-state index contributed by atoms with van der Waals surface area (Å²) in [6, 6.07) is 13.8. The number of halogens is 1. The second-order valence-electron chi connectivity index (χ2n) is 8.71. The van der Waals surface area contributed by atoms with E-state index in [0.29, 0.717) is 45.7 Å². The third kappa shape index (κ3) is 3.14. The van der Waals surface area contributed by atoms with Crippen molar-refractivity contribution in [3.63, 3.8) is 0 Å². The van der Waals surface area contributed by atoms with Crippen LogP contribution in [0.3, 0.4) is 0 Å². The molecule has 9 nitrogen and oxygen atoms in total. The van der Waals surface area contributed by atoms with Crippen LogP contribution >= 0.6 is 11.6 Å². The number of carbonyl (C=O) groups excluding carboxylic acids is 3. The summed E-state index contributed by atoms with van der Waals surface area (Å²) >= 11 is 6.15. The van der Waals surface area contributed by atoms with Gasteiger partial charge in [-0.05, 0) is 36.8 Å². The number of amides is 4. The largest absolute Gasteiger partial charge is 0.444 e. The van der Waals surface area contributed by atoms with Gasteiger partial charge < -0.3 is 14.5 Å². The summed E-state index contributed by atoms with van der Waals surface area (Å²) in [4.78, 5) is 48.4. The minimum atomic E-state index is -0.781. The molecule has 3 saturated heterocycles. The Bertz CT molecular complexity index is 1450. The molecule has 4 heterocycles. The third-order valence-electron chi connectivity index (χ3n) is 6.92. The summed E-state index contributed by atoms with van der Waals surface area (Å²) in [7, 11) is 0. The van der Waals surface area contributed by atoms with Gasteiger partial charge in [-0.3, -0.25) is 9.78 Å². The van der Waals surface area contributed by atoms with Crippen molar-refractivity contribution >= 4 is 46.2 Å². The Morgan fingerprint density at radius 3 is 2.80 bits per heavy atom. The van der Waals surface area contributed by atoms with Crippen molar-refractivity contribution in [2.24, 2.45) is 0 Å². The number of rotatable bonds is 3.